The Morgan fingerprint density at radius 2 is 1.42 bits per heavy atom. The van der Waals surface area contributed by atoms with Crippen LogP contribution in [0.2, 0.25) is 0 Å². The fourth-order valence-electron chi connectivity index (χ4n) is 3.04. The molecule has 1 aliphatic carbocycles. The third kappa shape index (κ3) is 2.57. The zero-order valence-electron chi connectivity index (χ0n) is 14.2. The summed E-state index contributed by atoms with van der Waals surface area (Å²) in [5.41, 5.74) is 24.8. The molecule has 0 aromatic heterocycles. The number of hydrogen-bond donors (Lipinski definition) is 4. The number of ketones is 2. The fourth-order valence-corrected chi connectivity index (χ4v) is 3.48. The molecule has 8 heteroatoms. The van der Waals surface area contributed by atoms with Crippen molar-refractivity contribution >= 4 is 50.2 Å². The van der Waals surface area contributed by atoms with E-state index in [-0.39, 0.29) is 50.8 Å². The van der Waals surface area contributed by atoms with Crippen LogP contribution in [-0.4, -0.2) is 18.2 Å². The quantitative estimate of drug-likeness (QED) is 0.375. The smallest absolute Gasteiger partial charge is 0.198 e. The fraction of sp³-hybridized carbons (Fsp3) is 0.222. The maximum absolute atomic E-state index is 13.1. The molecular weight excluding hydrogens is 400 g/mol. The van der Waals surface area contributed by atoms with E-state index < -0.39 is 11.6 Å². The van der Waals surface area contributed by atoms with Crippen molar-refractivity contribution < 1.29 is 14.3 Å². The predicted molar refractivity (Wildman–Crippen MR) is 106 cm³/mol. The van der Waals surface area contributed by atoms with Crippen LogP contribution in [0.15, 0.2) is 16.6 Å². The van der Waals surface area contributed by atoms with E-state index in [0.717, 1.165) is 12.8 Å². The highest BCUT2D eigenvalue weighted by Crippen LogP contribution is 2.44. The van der Waals surface area contributed by atoms with Crippen molar-refractivity contribution in [3.63, 3.8) is 0 Å². The van der Waals surface area contributed by atoms with Crippen LogP contribution in [0.3, 0.4) is 0 Å². The second-order valence-corrected chi connectivity index (χ2v) is 6.95. The van der Waals surface area contributed by atoms with Crippen molar-refractivity contribution in [2.75, 3.05) is 29.5 Å². The largest absolute Gasteiger partial charge is 0.491 e. The van der Waals surface area contributed by atoms with E-state index >= 15 is 0 Å². The van der Waals surface area contributed by atoms with Crippen molar-refractivity contribution in [3.8, 4) is 5.75 Å². The molecule has 136 valence electrons. The maximum atomic E-state index is 13.1. The number of benzene rings is 2. The second kappa shape index (κ2) is 6.53. The Kier molecular flexibility index (Phi) is 4.53. The van der Waals surface area contributed by atoms with Gasteiger partial charge in [0.2, 0.25) is 0 Å². The molecule has 26 heavy (non-hydrogen) atoms. The molecule has 7 nitrogen and oxygen atoms in total. The lowest BCUT2D eigenvalue weighted by molar-refractivity contribution is 0.0981. The molecule has 0 atom stereocenters. The number of unbranched alkanes of at least 4 members (excludes halogenated alkanes) is 1. The Labute approximate surface area is 158 Å². The van der Waals surface area contributed by atoms with E-state index in [1.165, 1.54) is 12.1 Å². The summed E-state index contributed by atoms with van der Waals surface area (Å²) in [6, 6.07) is 2.96. The Hall–Kier alpha value is -2.74. The third-order valence-electron chi connectivity index (χ3n) is 4.37. The highest BCUT2D eigenvalue weighted by atomic mass is 79.9. The molecule has 0 fully saturated rings. The summed E-state index contributed by atoms with van der Waals surface area (Å²) in [6.07, 6.45) is 1.76. The minimum absolute atomic E-state index is 0.0161. The summed E-state index contributed by atoms with van der Waals surface area (Å²) in [6.45, 7) is 2.46. The number of hydrogen-bond acceptors (Lipinski definition) is 7. The lowest BCUT2D eigenvalue weighted by Crippen LogP contribution is -2.26. The number of ether oxygens (including phenoxy) is 1. The van der Waals surface area contributed by atoms with Gasteiger partial charge in [-0.1, -0.05) is 13.3 Å². The van der Waals surface area contributed by atoms with Crippen LogP contribution in [0, 0.1) is 0 Å². The Bertz CT molecular complexity index is 956. The van der Waals surface area contributed by atoms with Gasteiger partial charge in [0.1, 0.15) is 5.75 Å². The lowest BCUT2D eigenvalue weighted by Gasteiger charge is -2.24. The van der Waals surface area contributed by atoms with E-state index in [1.54, 1.807) is 0 Å². The third-order valence-corrected chi connectivity index (χ3v) is 5.03. The topological polar surface area (TPSA) is 147 Å². The van der Waals surface area contributed by atoms with Crippen molar-refractivity contribution in [1.29, 1.82) is 0 Å². The monoisotopic (exact) mass is 418 g/mol. The van der Waals surface area contributed by atoms with Crippen molar-refractivity contribution in [2.45, 2.75) is 19.8 Å². The zero-order valence-corrected chi connectivity index (χ0v) is 15.8. The van der Waals surface area contributed by atoms with Gasteiger partial charge in [-0.2, -0.15) is 0 Å². The van der Waals surface area contributed by atoms with Crippen LogP contribution in [0.4, 0.5) is 22.7 Å². The summed E-state index contributed by atoms with van der Waals surface area (Å²) in [4.78, 5) is 26.1. The number of nitrogen functional groups attached to an aromatic ring is 4. The van der Waals surface area contributed by atoms with E-state index in [9.17, 15) is 9.59 Å². The highest BCUT2D eigenvalue weighted by Gasteiger charge is 2.38. The molecule has 0 heterocycles. The molecule has 3 rings (SSSR count). The van der Waals surface area contributed by atoms with Gasteiger partial charge >= 0.3 is 0 Å². The molecule has 0 amide bonds. The van der Waals surface area contributed by atoms with Crippen LogP contribution >= 0.6 is 15.9 Å². The highest BCUT2D eigenvalue weighted by molar-refractivity contribution is 9.10. The molecular formula is C18H19BrN4O3. The molecule has 0 radical (unpaired) electrons. The Morgan fingerprint density at radius 1 is 0.885 bits per heavy atom. The first-order chi connectivity index (χ1) is 12.3. The zero-order chi connectivity index (χ0) is 19.2. The number of fused-ring (bicyclic) bond motifs is 2. The van der Waals surface area contributed by atoms with E-state index in [2.05, 4.69) is 15.9 Å². The lowest BCUT2D eigenvalue weighted by atomic mass is 9.80. The normalized spacial score (nSPS) is 12.7. The summed E-state index contributed by atoms with van der Waals surface area (Å²) in [5.74, 6) is -0.691. The predicted octanol–water partition coefficient (Wildman–Crippen LogP) is 2.73. The number of nitrogens with two attached hydrogens (primary N) is 4. The summed E-state index contributed by atoms with van der Waals surface area (Å²) in [7, 11) is 0. The molecule has 1 aliphatic rings. The first-order valence-electron chi connectivity index (χ1n) is 8.11. The van der Waals surface area contributed by atoms with Gasteiger partial charge in [-0.15, -0.1) is 0 Å². The Morgan fingerprint density at radius 3 is 2.00 bits per heavy atom. The van der Waals surface area contributed by atoms with Crippen molar-refractivity contribution in [2.24, 2.45) is 0 Å². The maximum Gasteiger partial charge on any atom is 0.198 e. The molecule has 0 spiro atoms. The minimum atomic E-state index is -0.489. The first kappa shape index (κ1) is 18.1. The number of carbonyl (C=O) groups excluding carboxylic acids is 2. The van der Waals surface area contributed by atoms with Crippen LogP contribution in [0.1, 0.15) is 51.6 Å². The van der Waals surface area contributed by atoms with Gasteiger partial charge in [-0.3, -0.25) is 9.59 Å². The summed E-state index contributed by atoms with van der Waals surface area (Å²) < 4.78 is 6.07. The van der Waals surface area contributed by atoms with Gasteiger partial charge in [0, 0.05) is 21.9 Å². The number of anilines is 4. The molecule has 2 aromatic carbocycles. The minimum Gasteiger partial charge on any atom is -0.491 e. The van der Waals surface area contributed by atoms with Crippen LogP contribution in [0.5, 0.6) is 5.75 Å². The standard InChI is InChI=1S/C18H19BrN4O3/c1-2-3-4-26-10-6-9(21)12-14(16(10)23)18(25)11-8(20)5-7(19)15(22)13(11)17(12)24/h5-6H,2-4,20-23H2,1H3. The SMILES string of the molecule is CCCCOc1cc(N)c2c(c1N)C(=O)c1c(N)cc(Br)c(N)c1C2=O. The van der Waals surface area contributed by atoms with E-state index in [4.69, 9.17) is 27.7 Å². The summed E-state index contributed by atoms with van der Waals surface area (Å²) >= 11 is 3.25. The van der Waals surface area contributed by atoms with Crippen LogP contribution in [-0.2, 0) is 0 Å². The number of carbonyl (C=O) groups is 2. The number of rotatable bonds is 4. The Balaban J connectivity index is 2.24. The summed E-state index contributed by atoms with van der Waals surface area (Å²) in [5, 5.41) is 0. The second-order valence-electron chi connectivity index (χ2n) is 6.10. The number of halogens is 1. The van der Waals surface area contributed by atoms with Gasteiger partial charge in [-0.25, -0.2) is 0 Å². The molecule has 0 bridgehead atoms. The molecule has 0 unspecified atom stereocenters. The van der Waals surface area contributed by atoms with Crippen molar-refractivity contribution in [1.82, 2.24) is 0 Å². The van der Waals surface area contributed by atoms with E-state index in [1.807, 2.05) is 6.92 Å². The van der Waals surface area contributed by atoms with Gasteiger partial charge in [0.05, 0.1) is 40.2 Å². The van der Waals surface area contributed by atoms with Gasteiger partial charge in [0.15, 0.2) is 11.6 Å². The molecule has 8 N–H and O–H groups in total. The molecule has 0 saturated carbocycles. The average molecular weight is 419 g/mol. The van der Waals surface area contributed by atoms with E-state index in [0.29, 0.717) is 11.1 Å². The van der Waals surface area contributed by atoms with Gasteiger partial charge in [0.25, 0.3) is 0 Å². The molecule has 0 aliphatic heterocycles. The molecule has 0 saturated heterocycles. The average Bonchev–Trinajstić information content (AvgIpc) is 2.58. The van der Waals surface area contributed by atoms with Gasteiger partial charge in [-0.05, 0) is 28.4 Å². The van der Waals surface area contributed by atoms with Crippen LogP contribution < -0.4 is 27.7 Å². The molecule has 2 aromatic rings. The van der Waals surface area contributed by atoms with Gasteiger partial charge < -0.3 is 27.7 Å². The van der Waals surface area contributed by atoms with Crippen molar-refractivity contribution in [3.05, 3.63) is 38.9 Å². The first-order valence-corrected chi connectivity index (χ1v) is 8.90. The van der Waals surface area contributed by atoms with Crippen LogP contribution in [0.25, 0.3) is 0 Å².